The normalized spacial score (nSPS) is 28.8. The quantitative estimate of drug-likeness (QED) is 0.814. The molecule has 2 amide bonds. The third-order valence-electron chi connectivity index (χ3n) is 4.16. The van der Waals surface area contributed by atoms with Crippen LogP contribution in [0.3, 0.4) is 0 Å². The summed E-state index contributed by atoms with van der Waals surface area (Å²) in [7, 11) is 0. The minimum atomic E-state index is 0.0538. The second-order valence-corrected chi connectivity index (χ2v) is 7.31. The SMILES string of the molecule is CCC(=O)NC[C@@]1(C)C[C@@H](NC(=O)CC)CC(C)(C)C1. The highest BCUT2D eigenvalue weighted by Crippen LogP contribution is 2.45. The molecule has 20 heavy (non-hydrogen) atoms. The van der Waals surface area contributed by atoms with Gasteiger partial charge in [-0.05, 0) is 30.1 Å². The smallest absolute Gasteiger partial charge is 0.219 e. The lowest BCUT2D eigenvalue weighted by Gasteiger charge is -2.47. The number of hydrogen-bond acceptors (Lipinski definition) is 2. The summed E-state index contributed by atoms with van der Waals surface area (Å²) in [4.78, 5) is 23.1. The van der Waals surface area contributed by atoms with Crippen molar-refractivity contribution in [2.45, 2.75) is 72.8 Å². The van der Waals surface area contributed by atoms with Crippen LogP contribution in [0.25, 0.3) is 0 Å². The van der Waals surface area contributed by atoms with Gasteiger partial charge in [0.05, 0.1) is 0 Å². The van der Waals surface area contributed by atoms with Gasteiger partial charge in [-0.15, -0.1) is 0 Å². The van der Waals surface area contributed by atoms with Crippen LogP contribution in [0.5, 0.6) is 0 Å². The Kier molecular flexibility index (Phi) is 5.60. The molecule has 1 saturated carbocycles. The van der Waals surface area contributed by atoms with E-state index in [0.717, 1.165) is 19.3 Å². The van der Waals surface area contributed by atoms with Crippen LogP contribution in [0.15, 0.2) is 0 Å². The molecule has 4 heteroatoms. The van der Waals surface area contributed by atoms with Crippen molar-refractivity contribution >= 4 is 11.8 Å². The van der Waals surface area contributed by atoms with Crippen LogP contribution in [0.1, 0.15) is 66.7 Å². The van der Waals surface area contributed by atoms with Gasteiger partial charge in [0.2, 0.25) is 11.8 Å². The molecule has 116 valence electrons. The molecule has 0 heterocycles. The van der Waals surface area contributed by atoms with E-state index in [9.17, 15) is 9.59 Å². The maximum Gasteiger partial charge on any atom is 0.219 e. The van der Waals surface area contributed by atoms with Crippen LogP contribution in [0, 0.1) is 10.8 Å². The van der Waals surface area contributed by atoms with Crippen molar-refractivity contribution in [2.24, 2.45) is 10.8 Å². The number of nitrogens with one attached hydrogen (secondary N) is 2. The Balaban J connectivity index is 2.70. The Labute approximate surface area is 123 Å². The molecule has 1 aliphatic rings. The van der Waals surface area contributed by atoms with Gasteiger partial charge in [-0.25, -0.2) is 0 Å². The Morgan fingerprint density at radius 2 is 1.65 bits per heavy atom. The van der Waals surface area contributed by atoms with Gasteiger partial charge in [0.15, 0.2) is 0 Å². The van der Waals surface area contributed by atoms with Crippen LogP contribution in [0.4, 0.5) is 0 Å². The van der Waals surface area contributed by atoms with Crippen molar-refractivity contribution in [2.75, 3.05) is 6.54 Å². The first-order valence-corrected chi connectivity index (χ1v) is 7.76. The predicted molar refractivity (Wildman–Crippen MR) is 81.3 cm³/mol. The van der Waals surface area contributed by atoms with Gasteiger partial charge >= 0.3 is 0 Å². The van der Waals surface area contributed by atoms with Gasteiger partial charge in [0.1, 0.15) is 0 Å². The molecule has 0 aromatic heterocycles. The fourth-order valence-electron chi connectivity index (χ4n) is 3.64. The average molecular weight is 282 g/mol. The van der Waals surface area contributed by atoms with Gasteiger partial charge in [-0.1, -0.05) is 34.6 Å². The monoisotopic (exact) mass is 282 g/mol. The average Bonchev–Trinajstić information content (AvgIpc) is 2.33. The maximum absolute atomic E-state index is 11.6. The third kappa shape index (κ3) is 5.14. The fraction of sp³-hybridized carbons (Fsp3) is 0.875. The third-order valence-corrected chi connectivity index (χ3v) is 4.16. The van der Waals surface area contributed by atoms with E-state index in [2.05, 4.69) is 31.4 Å². The number of carbonyl (C=O) groups is 2. The molecule has 0 aromatic rings. The van der Waals surface area contributed by atoms with Crippen molar-refractivity contribution < 1.29 is 9.59 Å². The summed E-state index contributed by atoms with van der Waals surface area (Å²) < 4.78 is 0. The second kappa shape index (κ2) is 6.59. The molecular formula is C16H30N2O2. The zero-order valence-corrected chi connectivity index (χ0v) is 13.6. The predicted octanol–water partition coefficient (Wildman–Crippen LogP) is 2.62. The standard InChI is InChI=1S/C16H30N2O2/c1-6-13(19)17-11-16(5)9-12(18-14(20)7-2)8-15(3,4)10-16/h12H,6-11H2,1-5H3,(H,17,19)(H,18,20)/t12-,16-/m0/s1. The van der Waals surface area contributed by atoms with E-state index < -0.39 is 0 Å². The van der Waals surface area contributed by atoms with Crippen molar-refractivity contribution in [3.8, 4) is 0 Å². The number of rotatable bonds is 5. The van der Waals surface area contributed by atoms with Crippen molar-refractivity contribution in [3.05, 3.63) is 0 Å². The summed E-state index contributed by atoms with van der Waals surface area (Å²) in [5, 5.41) is 6.15. The molecule has 0 spiro atoms. The molecule has 0 bridgehead atoms. The topological polar surface area (TPSA) is 58.2 Å². The van der Waals surface area contributed by atoms with Gasteiger partial charge in [0.25, 0.3) is 0 Å². The van der Waals surface area contributed by atoms with Gasteiger partial charge in [-0.2, -0.15) is 0 Å². The summed E-state index contributed by atoms with van der Waals surface area (Å²) in [5.74, 6) is 0.219. The summed E-state index contributed by atoms with van der Waals surface area (Å²) in [6.45, 7) is 11.2. The molecule has 0 saturated heterocycles. The second-order valence-electron chi connectivity index (χ2n) is 7.31. The Hall–Kier alpha value is -1.06. The highest BCUT2D eigenvalue weighted by atomic mass is 16.2. The minimum Gasteiger partial charge on any atom is -0.356 e. The van der Waals surface area contributed by atoms with Crippen LogP contribution in [-0.4, -0.2) is 24.4 Å². The fourth-order valence-corrected chi connectivity index (χ4v) is 3.64. The van der Waals surface area contributed by atoms with Crippen molar-refractivity contribution in [1.82, 2.24) is 10.6 Å². The van der Waals surface area contributed by atoms with Crippen molar-refractivity contribution in [1.29, 1.82) is 0 Å². The first kappa shape index (κ1) is 17.0. The minimum absolute atomic E-state index is 0.0538. The zero-order valence-electron chi connectivity index (χ0n) is 13.6. The van der Waals surface area contributed by atoms with Crippen LogP contribution in [0.2, 0.25) is 0 Å². The van der Waals surface area contributed by atoms with E-state index in [0.29, 0.717) is 19.4 Å². The molecular weight excluding hydrogens is 252 g/mol. The first-order chi connectivity index (χ1) is 9.19. The lowest BCUT2D eigenvalue weighted by molar-refractivity contribution is -0.123. The summed E-state index contributed by atoms with van der Waals surface area (Å²) in [6.07, 6.45) is 4.07. The van der Waals surface area contributed by atoms with Gasteiger partial charge < -0.3 is 10.6 Å². The summed E-state index contributed by atoms with van der Waals surface area (Å²) in [5.41, 5.74) is 0.244. The van der Waals surface area contributed by atoms with E-state index >= 15 is 0 Å². The summed E-state index contributed by atoms with van der Waals surface area (Å²) in [6, 6.07) is 0.217. The van der Waals surface area contributed by atoms with Crippen molar-refractivity contribution in [3.63, 3.8) is 0 Å². The molecule has 2 N–H and O–H groups in total. The van der Waals surface area contributed by atoms with Crippen LogP contribution < -0.4 is 10.6 Å². The molecule has 1 rings (SSSR count). The molecule has 2 atom stereocenters. The van der Waals surface area contributed by atoms with Crippen LogP contribution in [-0.2, 0) is 9.59 Å². The number of hydrogen-bond donors (Lipinski definition) is 2. The molecule has 1 fully saturated rings. The molecule has 0 aliphatic heterocycles. The Morgan fingerprint density at radius 3 is 2.20 bits per heavy atom. The molecule has 1 aliphatic carbocycles. The molecule has 4 nitrogen and oxygen atoms in total. The largest absolute Gasteiger partial charge is 0.356 e. The highest BCUT2D eigenvalue weighted by Gasteiger charge is 2.41. The van der Waals surface area contributed by atoms with Crippen LogP contribution >= 0.6 is 0 Å². The van der Waals surface area contributed by atoms with Gasteiger partial charge in [-0.3, -0.25) is 9.59 Å². The lowest BCUT2D eigenvalue weighted by Crippen LogP contribution is -2.50. The molecule has 0 radical (unpaired) electrons. The van der Waals surface area contributed by atoms with E-state index in [4.69, 9.17) is 0 Å². The zero-order chi connectivity index (χ0) is 15.4. The van der Waals surface area contributed by atoms with E-state index in [1.165, 1.54) is 0 Å². The van der Waals surface area contributed by atoms with E-state index in [1.807, 2.05) is 13.8 Å². The van der Waals surface area contributed by atoms with E-state index in [1.54, 1.807) is 0 Å². The summed E-state index contributed by atoms with van der Waals surface area (Å²) >= 11 is 0. The molecule has 0 aromatic carbocycles. The first-order valence-electron chi connectivity index (χ1n) is 7.76. The number of amides is 2. The van der Waals surface area contributed by atoms with E-state index in [-0.39, 0.29) is 28.7 Å². The lowest BCUT2D eigenvalue weighted by atomic mass is 9.62. The highest BCUT2D eigenvalue weighted by molar-refractivity contribution is 5.76. The van der Waals surface area contributed by atoms with Gasteiger partial charge in [0, 0.05) is 25.4 Å². The Bertz CT molecular complexity index is 365. The Morgan fingerprint density at radius 1 is 1.05 bits per heavy atom. The number of carbonyl (C=O) groups excluding carboxylic acids is 2. The molecule has 0 unspecified atom stereocenters. The maximum atomic E-state index is 11.6.